The molecular formula is C19H21NO5S2. The van der Waals surface area contributed by atoms with Crippen molar-refractivity contribution >= 4 is 38.1 Å². The van der Waals surface area contributed by atoms with Crippen molar-refractivity contribution in [2.45, 2.75) is 13.8 Å². The fourth-order valence-corrected chi connectivity index (χ4v) is 4.32. The van der Waals surface area contributed by atoms with Crippen LogP contribution < -0.4 is 5.32 Å². The molecule has 1 aromatic carbocycles. The van der Waals surface area contributed by atoms with Crippen molar-refractivity contribution in [3.8, 4) is 11.1 Å². The van der Waals surface area contributed by atoms with Crippen molar-refractivity contribution in [3.63, 3.8) is 0 Å². The molecule has 0 fully saturated rings. The number of anilines is 1. The molecule has 1 heterocycles. The zero-order valence-corrected chi connectivity index (χ0v) is 16.8. The third kappa shape index (κ3) is 5.51. The number of hydrogen-bond donors (Lipinski definition) is 1. The largest absolute Gasteiger partial charge is 0.462 e. The standard InChI is InChI=1S/C19H21NO5S2/c1-4-10-27(23,24)12-16(21)20-18-17(19(22)25-5-2)15(11-26-18)14-8-6-13(3)7-9-14/h4,6-9,11H,1,5,10,12H2,2-3H3,(H,20,21). The predicted octanol–water partition coefficient (Wildman–Crippen LogP) is 3.44. The first-order valence-corrected chi connectivity index (χ1v) is 10.9. The van der Waals surface area contributed by atoms with Gasteiger partial charge in [-0.2, -0.15) is 0 Å². The van der Waals surface area contributed by atoms with Gasteiger partial charge in [0.2, 0.25) is 5.91 Å². The highest BCUT2D eigenvalue weighted by atomic mass is 32.2. The van der Waals surface area contributed by atoms with Gasteiger partial charge in [-0.15, -0.1) is 17.9 Å². The molecular weight excluding hydrogens is 386 g/mol. The molecule has 1 amide bonds. The average molecular weight is 408 g/mol. The first kappa shape index (κ1) is 20.9. The van der Waals surface area contributed by atoms with Crippen LogP contribution in [-0.4, -0.2) is 38.4 Å². The first-order valence-electron chi connectivity index (χ1n) is 8.24. The molecule has 0 atom stereocenters. The van der Waals surface area contributed by atoms with Crippen LogP contribution in [0.1, 0.15) is 22.8 Å². The van der Waals surface area contributed by atoms with Crippen LogP contribution in [0.15, 0.2) is 42.3 Å². The van der Waals surface area contributed by atoms with E-state index in [0.717, 1.165) is 22.5 Å². The van der Waals surface area contributed by atoms with E-state index in [4.69, 9.17) is 4.74 Å². The SMILES string of the molecule is C=CCS(=O)(=O)CC(=O)Nc1scc(-c2ccc(C)cc2)c1C(=O)OCC. The Kier molecular flexibility index (Phi) is 6.92. The minimum absolute atomic E-state index is 0.184. The molecule has 8 heteroatoms. The van der Waals surface area contributed by atoms with Crippen molar-refractivity contribution in [3.05, 3.63) is 53.4 Å². The molecule has 0 saturated heterocycles. The van der Waals surface area contributed by atoms with Crippen LogP contribution in [0.4, 0.5) is 5.00 Å². The van der Waals surface area contributed by atoms with Gasteiger partial charge in [-0.05, 0) is 19.4 Å². The molecule has 1 aromatic heterocycles. The highest BCUT2D eigenvalue weighted by Crippen LogP contribution is 2.36. The number of benzene rings is 1. The Labute approximate surface area is 162 Å². The molecule has 6 nitrogen and oxygen atoms in total. The second-order valence-corrected chi connectivity index (χ2v) is 8.82. The fraction of sp³-hybridized carbons (Fsp3) is 0.263. The second kappa shape index (κ2) is 8.96. The Morgan fingerprint density at radius 3 is 2.52 bits per heavy atom. The molecule has 0 bridgehead atoms. The lowest BCUT2D eigenvalue weighted by Gasteiger charge is -2.09. The van der Waals surface area contributed by atoms with E-state index in [1.54, 1.807) is 12.3 Å². The van der Waals surface area contributed by atoms with Crippen LogP contribution in [0.2, 0.25) is 0 Å². The predicted molar refractivity (Wildman–Crippen MR) is 108 cm³/mol. The van der Waals surface area contributed by atoms with Crippen LogP contribution in [0, 0.1) is 6.92 Å². The first-order chi connectivity index (χ1) is 12.8. The van der Waals surface area contributed by atoms with Gasteiger partial charge in [0.15, 0.2) is 9.84 Å². The molecule has 1 N–H and O–H groups in total. The maximum atomic E-state index is 12.5. The maximum Gasteiger partial charge on any atom is 0.341 e. The molecule has 0 radical (unpaired) electrons. The summed E-state index contributed by atoms with van der Waals surface area (Å²) < 4.78 is 28.7. The smallest absolute Gasteiger partial charge is 0.341 e. The Hall–Kier alpha value is -2.45. The Morgan fingerprint density at radius 1 is 1.26 bits per heavy atom. The van der Waals surface area contributed by atoms with Crippen LogP contribution in [0.25, 0.3) is 11.1 Å². The van der Waals surface area contributed by atoms with Crippen molar-refractivity contribution in [1.82, 2.24) is 0 Å². The van der Waals surface area contributed by atoms with Crippen LogP contribution in [0.3, 0.4) is 0 Å². The molecule has 2 rings (SSSR count). The Morgan fingerprint density at radius 2 is 1.93 bits per heavy atom. The lowest BCUT2D eigenvalue weighted by Crippen LogP contribution is -2.24. The number of sulfone groups is 1. The number of thiophene rings is 1. The van der Waals surface area contributed by atoms with Gasteiger partial charge in [-0.3, -0.25) is 4.79 Å². The van der Waals surface area contributed by atoms with Gasteiger partial charge < -0.3 is 10.1 Å². The van der Waals surface area contributed by atoms with Gasteiger partial charge in [0.25, 0.3) is 0 Å². The molecule has 0 aliphatic rings. The zero-order chi connectivity index (χ0) is 20.0. The van der Waals surface area contributed by atoms with E-state index in [2.05, 4.69) is 11.9 Å². The van der Waals surface area contributed by atoms with E-state index in [-0.39, 0.29) is 22.9 Å². The van der Waals surface area contributed by atoms with E-state index in [9.17, 15) is 18.0 Å². The van der Waals surface area contributed by atoms with E-state index >= 15 is 0 Å². The van der Waals surface area contributed by atoms with Gasteiger partial charge in [-0.25, -0.2) is 13.2 Å². The highest BCUT2D eigenvalue weighted by Gasteiger charge is 2.24. The molecule has 0 unspecified atom stereocenters. The molecule has 0 spiro atoms. The van der Waals surface area contributed by atoms with Crippen molar-refractivity contribution < 1.29 is 22.7 Å². The lowest BCUT2D eigenvalue weighted by atomic mass is 10.0. The number of nitrogens with one attached hydrogen (secondary N) is 1. The third-order valence-electron chi connectivity index (χ3n) is 3.61. The number of carbonyl (C=O) groups is 2. The number of ether oxygens (including phenoxy) is 1. The summed E-state index contributed by atoms with van der Waals surface area (Å²) in [6.45, 7) is 7.20. The molecule has 27 heavy (non-hydrogen) atoms. The van der Waals surface area contributed by atoms with Crippen molar-refractivity contribution in [1.29, 1.82) is 0 Å². The average Bonchev–Trinajstić information content (AvgIpc) is 2.98. The fourth-order valence-electron chi connectivity index (χ4n) is 2.40. The lowest BCUT2D eigenvalue weighted by molar-refractivity contribution is -0.113. The molecule has 0 aliphatic carbocycles. The van der Waals surface area contributed by atoms with Crippen molar-refractivity contribution in [2.75, 3.05) is 23.4 Å². The normalized spacial score (nSPS) is 11.0. The van der Waals surface area contributed by atoms with Gasteiger partial charge >= 0.3 is 5.97 Å². The minimum atomic E-state index is -3.59. The number of hydrogen-bond acceptors (Lipinski definition) is 6. The summed E-state index contributed by atoms with van der Waals surface area (Å²) in [5, 5.41) is 4.54. The van der Waals surface area contributed by atoms with Crippen LogP contribution in [0.5, 0.6) is 0 Å². The summed E-state index contributed by atoms with van der Waals surface area (Å²) in [6.07, 6.45) is 1.23. The van der Waals surface area contributed by atoms with Gasteiger partial charge in [0.1, 0.15) is 16.3 Å². The van der Waals surface area contributed by atoms with Crippen LogP contribution >= 0.6 is 11.3 Å². The van der Waals surface area contributed by atoms with Crippen LogP contribution in [-0.2, 0) is 19.4 Å². The van der Waals surface area contributed by atoms with Gasteiger partial charge in [0.05, 0.1) is 12.4 Å². The monoisotopic (exact) mass is 407 g/mol. The van der Waals surface area contributed by atoms with Gasteiger partial charge in [-0.1, -0.05) is 35.9 Å². The second-order valence-electron chi connectivity index (χ2n) is 5.83. The van der Waals surface area contributed by atoms with E-state index in [1.165, 1.54) is 6.08 Å². The van der Waals surface area contributed by atoms with Gasteiger partial charge in [0, 0.05) is 10.9 Å². The summed E-state index contributed by atoms with van der Waals surface area (Å²) in [7, 11) is -3.59. The maximum absolute atomic E-state index is 12.5. The number of aryl methyl sites for hydroxylation is 1. The molecule has 0 aliphatic heterocycles. The van der Waals surface area contributed by atoms with Crippen molar-refractivity contribution in [2.24, 2.45) is 0 Å². The summed E-state index contributed by atoms with van der Waals surface area (Å²) >= 11 is 1.15. The summed E-state index contributed by atoms with van der Waals surface area (Å²) in [4.78, 5) is 24.6. The van der Waals surface area contributed by atoms with E-state index < -0.39 is 27.5 Å². The summed E-state index contributed by atoms with van der Waals surface area (Å²) in [5.41, 5.74) is 2.73. The Bertz CT molecular complexity index is 943. The molecule has 0 saturated carbocycles. The topological polar surface area (TPSA) is 89.5 Å². The number of rotatable bonds is 8. The quantitative estimate of drug-likeness (QED) is 0.535. The summed E-state index contributed by atoms with van der Waals surface area (Å²) in [5.74, 6) is -2.25. The number of amides is 1. The molecule has 144 valence electrons. The Balaban J connectivity index is 2.36. The van der Waals surface area contributed by atoms with E-state index in [0.29, 0.717) is 5.56 Å². The number of carbonyl (C=O) groups excluding carboxylic acids is 2. The highest BCUT2D eigenvalue weighted by molar-refractivity contribution is 7.92. The molecule has 2 aromatic rings. The zero-order valence-electron chi connectivity index (χ0n) is 15.2. The summed E-state index contributed by atoms with van der Waals surface area (Å²) in [6, 6.07) is 7.59. The third-order valence-corrected chi connectivity index (χ3v) is 5.95. The van der Waals surface area contributed by atoms with E-state index in [1.807, 2.05) is 31.2 Å². The minimum Gasteiger partial charge on any atom is -0.462 e. The number of esters is 1.